The Kier molecular flexibility index (Phi) is 2.00. The lowest BCUT2D eigenvalue weighted by Crippen LogP contribution is -2.38. The van der Waals surface area contributed by atoms with Crippen molar-refractivity contribution >= 4 is 0 Å². The summed E-state index contributed by atoms with van der Waals surface area (Å²) in [5.41, 5.74) is 1.64. The van der Waals surface area contributed by atoms with Gasteiger partial charge in [-0.05, 0) is 48.9 Å². The lowest BCUT2D eigenvalue weighted by Gasteiger charge is -2.45. The van der Waals surface area contributed by atoms with Gasteiger partial charge in [0.25, 0.3) is 0 Å². The van der Waals surface area contributed by atoms with Crippen LogP contribution in [-0.2, 0) is 0 Å². The Labute approximate surface area is 87.8 Å². The van der Waals surface area contributed by atoms with Gasteiger partial charge in [-0.3, -0.25) is 0 Å². The smallest absolute Gasteiger partial charge is 0.0138 e. The van der Waals surface area contributed by atoms with Gasteiger partial charge in [-0.15, -0.1) is 0 Å². The quantitative estimate of drug-likeness (QED) is 0.577. The van der Waals surface area contributed by atoms with Gasteiger partial charge < -0.3 is 0 Å². The van der Waals surface area contributed by atoms with E-state index in [1.807, 2.05) is 0 Å². The monoisotopic (exact) mass is 190 g/mol. The van der Waals surface area contributed by atoms with E-state index in [1.165, 1.54) is 32.1 Å². The molecule has 78 valence electrons. The fourth-order valence-corrected chi connectivity index (χ4v) is 4.72. The van der Waals surface area contributed by atoms with Crippen molar-refractivity contribution in [3.05, 3.63) is 12.2 Å². The van der Waals surface area contributed by atoms with Gasteiger partial charge in [-0.1, -0.05) is 38.3 Å². The fraction of sp³-hybridized carbons (Fsp3) is 0.857. The zero-order valence-corrected chi connectivity index (χ0v) is 9.34. The first-order valence-corrected chi connectivity index (χ1v) is 6.51. The van der Waals surface area contributed by atoms with Crippen molar-refractivity contribution < 1.29 is 0 Å². The molecule has 14 heavy (non-hydrogen) atoms. The Morgan fingerprint density at radius 3 is 2.93 bits per heavy atom. The zero-order valence-electron chi connectivity index (χ0n) is 9.34. The molecule has 0 aromatic heterocycles. The van der Waals surface area contributed by atoms with Crippen LogP contribution in [0.4, 0.5) is 0 Å². The summed E-state index contributed by atoms with van der Waals surface area (Å²) in [5, 5.41) is 0. The Bertz CT molecular complexity index is 253. The van der Waals surface area contributed by atoms with Crippen LogP contribution in [0, 0.1) is 29.6 Å². The molecular formula is C14H22. The third-order valence-corrected chi connectivity index (χ3v) is 5.24. The summed E-state index contributed by atoms with van der Waals surface area (Å²) in [6.45, 7) is 6.68. The number of rotatable bonds is 2. The lowest BCUT2D eigenvalue weighted by molar-refractivity contribution is 0.161. The van der Waals surface area contributed by atoms with Crippen LogP contribution in [0.15, 0.2) is 12.2 Å². The largest absolute Gasteiger partial charge is 0.0993 e. The van der Waals surface area contributed by atoms with Crippen LogP contribution in [0.5, 0.6) is 0 Å². The van der Waals surface area contributed by atoms with E-state index in [1.54, 1.807) is 12.0 Å². The number of hydrogen-bond donors (Lipinski definition) is 0. The molecule has 0 nitrogen and oxygen atoms in total. The predicted molar refractivity (Wildman–Crippen MR) is 60.0 cm³/mol. The molecule has 0 spiro atoms. The van der Waals surface area contributed by atoms with Gasteiger partial charge in [0.05, 0.1) is 0 Å². The molecule has 3 aliphatic rings. The second kappa shape index (κ2) is 3.12. The highest BCUT2D eigenvalue weighted by Crippen LogP contribution is 2.64. The second-order valence-corrected chi connectivity index (χ2v) is 5.75. The van der Waals surface area contributed by atoms with Crippen LogP contribution in [0.3, 0.4) is 0 Å². The van der Waals surface area contributed by atoms with Gasteiger partial charge in [0.15, 0.2) is 0 Å². The molecule has 0 heteroatoms. The topological polar surface area (TPSA) is 0 Å². The Morgan fingerprint density at radius 2 is 2.14 bits per heavy atom. The zero-order chi connectivity index (χ0) is 9.71. The minimum atomic E-state index is 0.926. The molecule has 3 fully saturated rings. The summed E-state index contributed by atoms with van der Waals surface area (Å²) < 4.78 is 0. The SMILES string of the molecule is C=C1C(CCC)C2CC3CCCC3C12. The van der Waals surface area contributed by atoms with Crippen molar-refractivity contribution in [3.63, 3.8) is 0 Å². The molecule has 3 aliphatic carbocycles. The maximum atomic E-state index is 4.36. The highest BCUT2D eigenvalue weighted by molar-refractivity contribution is 5.25. The summed E-state index contributed by atoms with van der Waals surface area (Å²) in [6, 6.07) is 0. The molecule has 5 atom stereocenters. The van der Waals surface area contributed by atoms with E-state index < -0.39 is 0 Å². The molecule has 0 N–H and O–H groups in total. The average Bonchev–Trinajstić information content (AvgIpc) is 2.71. The molecule has 0 aliphatic heterocycles. The van der Waals surface area contributed by atoms with Gasteiger partial charge in [-0.2, -0.15) is 0 Å². The Balaban J connectivity index is 1.75. The summed E-state index contributed by atoms with van der Waals surface area (Å²) >= 11 is 0. The minimum Gasteiger partial charge on any atom is -0.0993 e. The first-order valence-electron chi connectivity index (χ1n) is 6.51. The molecule has 0 aromatic carbocycles. The molecule has 3 rings (SSSR count). The molecule has 0 aromatic rings. The normalized spacial score (nSPS) is 50.1. The molecule has 0 saturated heterocycles. The van der Waals surface area contributed by atoms with E-state index in [0.29, 0.717) is 0 Å². The van der Waals surface area contributed by atoms with Gasteiger partial charge >= 0.3 is 0 Å². The Morgan fingerprint density at radius 1 is 1.29 bits per heavy atom. The van der Waals surface area contributed by atoms with E-state index >= 15 is 0 Å². The lowest BCUT2D eigenvalue weighted by atomic mass is 9.59. The Hall–Kier alpha value is -0.260. The van der Waals surface area contributed by atoms with Crippen LogP contribution in [0.25, 0.3) is 0 Å². The first-order chi connectivity index (χ1) is 6.83. The van der Waals surface area contributed by atoms with Crippen LogP contribution < -0.4 is 0 Å². The summed E-state index contributed by atoms with van der Waals surface area (Å²) in [5.74, 6) is 5.14. The highest BCUT2D eigenvalue weighted by Gasteiger charge is 2.55. The van der Waals surface area contributed by atoms with Crippen molar-refractivity contribution in [3.8, 4) is 0 Å². The van der Waals surface area contributed by atoms with E-state index in [-0.39, 0.29) is 0 Å². The first kappa shape index (κ1) is 9.00. The maximum absolute atomic E-state index is 4.36. The fourth-order valence-electron chi connectivity index (χ4n) is 4.72. The molecular weight excluding hydrogens is 168 g/mol. The van der Waals surface area contributed by atoms with Crippen molar-refractivity contribution in [2.75, 3.05) is 0 Å². The van der Waals surface area contributed by atoms with Gasteiger partial charge in [-0.25, -0.2) is 0 Å². The second-order valence-electron chi connectivity index (χ2n) is 5.75. The molecule has 0 heterocycles. The van der Waals surface area contributed by atoms with Crippen molar-refractivity contribution in [2.45, 2.75) is 45.4 Å². The van der Waals surface area contributed by atoms with Gasteiger partial charge in [0, 0.05) is 0 Å². The molecule has 0 bridgehead atoms. The average molecular weight is 190 g/mol. The van der Waals surface area contributed by atoms with E-state index in [4.69, 9.17) is 0 Å². The van der Waals surface area contributed by atoms with Gasteiger partial charge in [0.2, 0.25) is 0 Å². The minimum absolute atomic E-state index is 0.926. The van der Waals surface area contributed by atoms with Crippen molar-refractivity contribution in [1.82, 2.24) is 0 Å². The number of allylic oxidation sites excluding steroid dienone is 1. The van der Waals surface area contributed by atoms with Gasteiger partial charge in [0.1, 0.15) is 0 Å². The maximum Gasteiger partial charge on any atom is -0.0138 e. The van der Waals surface area contributed by atoms with E-state index in [0.717, 1.165) is 29.6 Å². The van der Waals surface area contributed by atoms with Crippen LogP contribution >= 0.6 is 0 Å². The molecule has 5 unspecified atom stereocenters. The molecule has 0 radical (unpaired) electrons. The summed E-state index contributed by atoms with van der Waals surface area (Å²) in [7, 11) is 0. The highest BCUT2D eigenvalue weighted by atomic mass is 14.6. The van der Waals surface area contributed by atoms with E-state index in [9.17, 15) is 0 Å². The third kappa shape index (κ3) is 1.00. The van der Waals surface area contributed by atoms with Crippen LogP contribution in [0.2, 0.25) is 0 Å². The third-order valence-electron chi connectivity index (χ3n) is 5.24. The number of fused-ring (bicyclic) bond motifs is 3. The van der Waals surface area contributed by atoms with Crippen LogP contribution in [-0.4, -0.2) is 0 Å². The molecule has 3 saturated carbocycles. The number of hydrogen-bond acceptors (Lipinski definition) is 0. The van der Waals surface area contributed by atoms with Crippen molar-refractivity contribution in [2.24, 2.45) is 29.6 Å². The summed E-state index contributed by atoms with van der Waals surface area (Å²) in [6.07, 6.45) is 8.87. The van der Waals surface area contributed by atoms with Crippen LogP contribution in [0.1, 0.15) is 45.4 Å². The molecule has 0 amide bonds. The summed E-state index contributed by atoms with van der Waals surface area (Å²) in [4.78, 5) is 0. The standard InChI is InChI=1S/C14H22/c1-3-5-11-9(2)14-12-7-4-6-10(12)8-13(11)14/h10-14H,2-8H2,1H3. The van der Waals surface area contributed by atoms with Crippen molar-refractivity contribution in [1.29, 1.82) is 0 Å². The van der Waals surface area contributed by atoms with E-state index in [2.05, 4.69) is 13.5 Å². The predicted octanol–water partition coefficient (Wildman–Crippen LogP) is 4.02.